The number of rotatable bonds is 8. The fourth-order valence-electron chi connectivity index (χ4n) is 9.27. The van der Waals surface area contributed by atoms with E-state index in [9.17, 15) is 19.6 Å². The first kappa shape index (κ1) is 36.2. The van der Waals surface area contributed by atoms with Crippen molar-refractivity contribution in [1.82, 2.24) is 15.1 Å². The first-order valence-electron chi connectivity index (χ1n) is 19.4. The summed E-state index contributed by atoms with van der Waals surface area (Å²) in [5.41, 5.74) is 5.85. The maximum absolute atomic E-state index is 13.4. The van der Waals surface area contributed by atoms with Crippen LogP contribution in [0.4, 0.5) is 22.7 Å². The molecule has 282 valence electrons. The van der Waals surface area contributed by atoms with E-state index < -0.39 is 6.04 Å². The van der Waals surface area contributed by atoms with Gasteiger partial charge in [-0.3, -0.25) is 24.6 Å². The topological polar surface area (TPSA) is 115 Å². The summed E-state index contributed by atoms with van der Waals surface area (Å²) in [5.74, 6) is 0.140. The summed E-state index contributed by atoms with van der Waals surface area (Å²) in [5, 5.41) is 15.5. The van der Waals surface area contributed by atoms with E-state index in [1.807, 2.05) is 47.4 Å². The number of piperazine rings is 1. The number of piperidine rings is 2. The third kappa shape index (κ3) is 7.59. The van der Waals surface area contributed by atoms with Crippen molar-refractivity contribution in [3.05, 3.63) is 82.9 Å². The third-order valence-electron chi connectivity index (χ3n) is 12.4. The van der Waals surface area contributed by atoms with Gasteiger partial charge in [0.2, 0.25) is 11.8 Å². The van der Waals surface area contributed by atoms with Crippen molar-refractivity contribution in [2.24, 2.45) is 11.3 Å². The molecule has 2 atom stereocenters. The van der Waals surface area contributed by atoms with Crippen molar-refractivity contribution in [2.75, 3.05) is 85.5 Å². The second kappa shape index (κ2) is 15.2. The first-order chi connectivity index (χ1) is 26.1. The van der Waals surface area contributed by atoms with Gasteiger partial charge in [0.1, 0.15) is 12.1 Å². The van der Waals surface area contributed by atoms with Crippen molar-refractivity contribution < 1.29 is 14.4 Å². The van der Waals surface area contributed by atoms with Crippen molar-refractivity contribution in [3.63, 3.8) is 0 Å². The number of likely N-dealkylation sites (tertiary alicyclic amines) is 1. The van der Waals surface area contributed by atoms with E-state index in [2.05, 4.69) is 67.5 Å². The van der Waals surface area contributed by atoms with Crippen LogP contribution in [0, 0.1) is 22.7 Å². The van der Waals surface area contributed by atoms with Gasteiger partial charge in [-0.05, 0) is 98.7 Å². The van der Waals surface area contributed by atoms with Gasteiger partial charge < -0.3 is 24.9 Å². The highest BCUT2D eigenvalue weighted by Gasteiger charge is 2.44. The van der Waals surface area contributed by atoms with Gasteiger partial charge in [0, 0.05) is 112 Å². The van der Waals surface area contributed by atoms with Gasteiger partial charge in [0.25, 0.3) is 5.91 Å². The zero-order valence-electron chi connectivity index (χ0n) is 31.0. The fourth-order valence-corrected chi connectivity index (χ4v) is 9.48. The van der Waals surface area contributed by atoms with Crippen LogP contribution < -0.4 is 25.3 Å². The monoisotopic (exact) mass is 748 g/mol. The number of carbonyl (C=O) groups is 3. The smallest absolute Gasteiger partial charge is 0.253 e. The van der Waals surface area contributed by atoms with E-state index in [1.54, 1.807) is 0 Å². The number of anilines is 4. The van der Waals surface area contributed by atoms with Crippen LogP contribution in [0.1, 0.15) is 54.9 Å². The number of nitriles is 1. The average Bonchev–Trinajstić information content (AvgIpc) is 3.49. The van der Waals surface area contributed by atoms with Gasteiger partial charge in [-0.1, -0.05) is 17.7 Å². The van der Waals surface area contributed by atoms with Gasteiger partial charge >= 0.3 is 0 Å². The Morgan fingerprint density at radius 1 is 0.926 bits per heavy atom. The molecular formula is C42H49ClN8O3. The number of hydrogen-bond acceptors (Lipinski definition) is 9. The summed E-state index contributed by atoms with van der Waals surface area (Å²) in [7, 11) is 0. The van der Waals surface area contributed by atoms with Crippen LogP contribution >= 0.6 is 11.6 Å². The molecule has 12 heteroatoms. The predicted molar refractivity (Wildman–Crippen MR) is 212 cm³/mol. The lowest BCUT2D eigenvalue weighted by atomic mass is 9.76. The second-order valence-electron chi connectivity index (χ2n) is 16.1. The van der Waals surface area contributed by atoms with E-state index in [4.69, 9.17) is 11.6 Å². The molecule has 0 unspecified atom stereocenters. The van der Waals surface area contributed by atoms with Gasteiger partial charge in [0.05, 0.1) is 10.6 Å². The molecule has 54 heavy (non-hydrogen) atoms. The Balaban J connectivity index is 0.764. The summed E-state index contributed by atoms with van der Waals surface area (Å²) >= 11 is 6.37. The zero-order valence-corrected chi connectivity index (χ0v) is 31.7. The number of nitrogens with zero attached hydrogens (tertiary/aromatic N) is 6. The lowest BCUT2D eigenvalue weighted by Gasteiger charge is -2.44. The number of imide groups is 1. The molecule has 5 aliphatic heterocycles. The summed E-state index contributed by atoms with van der Waals surface area (Å²) in [6.07, 6.45) is 4.26. The van der Waals surface area contributed by atoms with Crippen LogP contribution in [-0.2, 0) is 9.59 Å². The van der Waals surface area contributed by atoms with E-state index in [-0.39, 0.29) is 23.1 Å². The van der Waals surface area contributed by atoms with Crippen LogP contribution in [0.5, 0.6) is 0 Å². The Bertz CT molecular complexity index is 1930. The maximum atomic E-state index is 13.4. The molecule has 8 rings (SSSR count). The van der Waals surface area contributed by atoms with E-state index in [1.165, 1.54) is 5.69 Å². The largest absolute Gasteiger partial charge is 0.374 e. The molecular weight excluding hydrogens is 700 g/mol. The molecule has 11 nitrogen and oxygen atoms in total. The molecule has 0 aromatic heterocycles. The molecule has 2 N–H and O–H groups in total. The lowest BCUT2D eigenvalue weighted by Crippen LogP contribution is -2.56. The molecule has 0 bridgehead atoms. The Morgan fingerprint density at radius 3 is 2.35 bits per heavy atom. The molecule has 3 aromatic carbocycles. The molecule has 3 aromatic rings. The van der Waals surface area contributed by atoms with E-state index in [0.717, 1.165) is 107 Å². The highest BCUT2D eigenvalue weighted by atomic mass is 35.5. The second-order valence-corrected chi connectivity index (χ2v) is 16.5. The highest BCUT2D eigenvalue weighted by molar-refractivity contribution is 6.32. The molecule has 0 radical (unpaired) electrons. The number of benzene rings is 3. The average molecular weight is 749 g/mol. The standard InChI is InChI=1S/C42H49ClN8O3/c1-29-23-42(28-51(29)36-10-7-32(24-44)37(43)22-36)13-15-48(16-14-42)34-8-5-31(6-9-34)41(54)50-26-30(27-50)25-47-17-19-49(20-18-47)35-4-2-3-33(21-35)45-38-11-12-39(52)46-40(38)53/h2-10,21-22,29-30,38,45H,11-20,23,25-28H2,1H3,(H,46,52,53)/t29-,38+/m1/s1. The molecule has 5 saturated heterocycles. The number of hydrogen-bond donors (Lipinski definition) is 2. The predicted octanol–water partition coefficient (Wildman–Crippen LogP) is 5.21. The van der Waals surface area contributed by atoms with Crippen molar-refractivity contribution in [3.8, 4) is 6.07 Å². The minimum atomic E-state index is -0.394. The molecule has 0 saturated carbocycles. The number of halogens is 1. The Kier molecular flexibility index (Phi) is 10.2. The van der Waals surface area contributed by atoms with Crippen LogP contribution in [0.15, 0.2) is 66.7 Å². The molecule has 5 fully saturated rings. The fraction of sp³-hybridized carbons (Fsp3) is 0.476. The van der Waals surface area contributed by atoms with Gasteiger partial charge in [-0.25, -0.2) is 0 Å². The van der Waals surface area contributed by atoms with Gasteiger partial charge in [0.15, 0.2) is 0 Å². The lowest BCUT2D eigenvalue weighted by molar-refractivity contribution is -0.133. The van der Waals surface area contributed by atoms with Crippen LogP contribution in [0.2, 0.25) is 5.02 Å². The quantitative estimate of drug-likeness (QED) is 0.300. The molecule has 0 aliphatic carbocycles. The molecule has 3 amide bonds. The maximum Gasteiger partial charge on any atom is 0.253 e. The molecule has 5 aliphatic rings. The molecule has 5 heterocycles. The minimum absolute atomic E-state index is 0.119. The van der Waals surface area contributed by atoms with Crippen LogP contribution in [0.3, 0.4) is 0 Å². The first-order valence-corrected chi connectivity index (χ1v) is 19.8. The van der Waals surface area contributed by atoms with Crippen LogP contribution in [0.25, 0.3) is 0 Å². The summed E-state index contributed by atoms with van der Waals surface area (Å²) in [6, 6.07) is 24.4. The van der Waals surface area contributed by atoms with Crippen molar-refractivity contribution >= 4 is 52.1 Å². The normalized spacial score (nSPS) is 23.3. The SMILES string of the molecule is C[C@@H]1CC2(CCN(c3ccc(C(=O)N4CC(CN5CCN(c6cccc(N[C@H]7CCC(=O)NC7=O)c6)CC5)C4)cc3)CC2)CN1c1ccc(C#N)c(Cl)c1. The summed E-state index contributed by atoms with van der Waals surface area (Å²) < 4.78 is 0. The number of amides is 3. The summed E-state index contributed by atoms with van der Waals surface area (Å²) in [6.45, 7) is 11.7. The Hall–Kier alpha value is -4.79. The van der Waals surface area contributed by atoms with Crippen molar-refractivity contribution in [2.45, 2.75) is 51.1 Å². The molecule has 1 spiro atoms. The minimum Gasteiger partial charge on any atom is -0.374 e. The van der Waals surface area contributed by atoms with Gasteiger partial charge in [-0.2, -0.15) is 5.26 Å². The number of nitrogens with one attached hydrogen (secondary N) is 2. The highest BCUT2D eigenvalue weighted by Crippen LogP contribution is 2.46. The van der Waals surface area contributed by atoms with Crippen LogP contribution in [-0.4, -0.2) is 105 Å². The zero-order chi connectivity index (χ0) is 37.4. The van der Waals surface area contributed by atoms with Gasteiger partial charge in [-0.15, -0.1) is 0 Å². The van der Waals surface area contributed by atoms with E-state index in [0.29, 0.717) is 35.4 Å². The number of carbonyl (C=O) groups excluding carboxylic acids is 3. The third-order valence-corrected chi connectivity index (χ3v) is 12.7. The summed E-state index contributed by atoms with van der Waals surface area (Å²) in [4.78, 5) is 48.9. The van der Waals surface area contributed by atoms with Crippen molar-refractivity contribution in [1.29, 1.82) is 5.26 Å². The van der Waals surface area contributed by atoms with E-state index >= 15 is 0 Å². The Labute approximate surface area is 322 Å². The Morgan fingerprint density at radius 2 is 1.65 bits per heavy atom.